The van der Waals surface area contributed by atoms with Gasteiger partial charge in [-0.1, -0.05) is 18.2 Å². The summed E-state index contributed by atoms with van der Waals surface area (Å²) >= 11 is 3.95. The summed E-state index contributed by atoms with van der Waals surface area (Å²) in [6.07, 6.45) is 6.15. The predicted octanol–water partition coefficient (Wildman–Crippen LogP) is 4.13. The van der Waals surface area contributed by atoms with Crippen LogP contribution in [0.15, 0.2) is 34.2 Å². The second-order valence-corrected chi connectivity index (χ2v) is 8.18. The van der Waals surface area contributed by atoms with E-state index in [-0.39, 0.29) is 5.56 Å². The summed E-state index contributed by atoms with van der Waals surface area (Å²) in [6, 6.07) is 7.97. The molecular formula is C18H16IN3OS. The lowest BCUT2D eigenvalue weighted by Crippen LogP contribution is -2.21. The van der Waals surface area contributed by atoms with Crippen LogP contribution in [0.3, 0.4) is 0 Å². The first-order valence-electron chi connectivity index (χ1n) is 7.98. The maximum absolute atomic E-state index is 13.0. The molecule has 0 atom stereocenters. The van der Waals surface area contributed by atoms with Crippen molar-refractivity contribution in [3.05, 3.63) is 60.0 Å². The van der Waals surface area contributed by atoms with Crippen LogP contribution in [-0.4, -0.2) is 15.9 Å². The van der Waals surface area contributed by atoms with Gasteiger partial charge in [0.2, 0.25) is 0 Å². The van der Waals surface area contributed by atoms with Crippen LogP contribution in [0.25, 0.3) is 10.2 Å². The molecule has 3 aromatic rings. The number of hydrogen-bond acceptors (Lipinski definition) is 4. The predicted molar refractivity (Wildman–Crippen MR) is 107 cm³/mol. The van der Waals surface area contributed by atoms with Gasteiger partial charge in [0.1, 0.15) is 10.7 Å². The summed E-state index contributed by atoms with van der Waals surface area (Å²) in [6.45, 7) is 1.84. The first kappa shape index (κ1) is 16.0. The average Bonchev–Trinajstić information content (AvgIpc) is 2.94. The summed E-state index contributed by atoms with van der Waals surface area (Å²) in [7, 11) is 0. The first-order chi connectivity index (χ1) is 11.6. The monoisotopic (exact) mass is 449 g/mol. The highest BCUT2D eigenvalue weighted by molar-refractivity contribution is 14.1. The van der Waals surface area contributed by atoms with Gasteiger partial charge in [-0.15, -0.1) is 11.3 Å². The summed E-state index contributed by atoms with van der Waals surface area (Å²) in [5.41, 5.74) is 2.16. The molecule has 1 aliphatic rings. The Morgan fingerprint density at radius 3 is 2.92 bits per heavy atom. The Bertz CT molecular complexity index is 1020. The molecule has 6 heteroatoms. The summed E-state index contributed by atoms with van der Waals surface area (Å²) in [5.74, 6) is 0.633. The molecule has 0 saturated carbocycles. The number of fused-ring (bicyclic) bond motifs is 3. The minimum atomic E-state index is -0.0425. The molecule has 0 radical (unpaired) electrons. The Hall–Kier alpha value is -1.54. The molecule has 0 aliphatic heterocycles. The molecule has 4 nitrogen and oxygen atoms in total. The van der Waals surface area contributed by atoms with Crippen LogP contribution in [0, 0.1) is 10.5 Å². The largest absolute Gasteiger partial charge is 0.283 e. The summed E-state index contributed by atoms with van der Waals surface area (Å²) < 4.78 is 2.54. The quantitative estimate of drug-likeness (QED) is 0.437. The molecule has 2 heterocycles. The highest BCUT2D eigenvalue weighted by Crippen LogP contribution is 2.33. The van der Waals surface area contributed by atoms with Gasteiger partial charge in [-0.05, 0) is 66.8 Å². The van der Waals surface area contributed by atoms with Gasteiger partial charge in [-0.3, -0.25) is 4.79 Å². The molecule has 0 fully saturated rings. The van der Waals surface area contributed by atoms with Crippen molar-refractivity contribution >= 4 is 50.4 Å². The number of hydrogen-bond donors (Lipinski definition) is 0. The normalized spacial score (nSPS) is 14.4. The van der Waals surface area contributed by atoms with Crippen LogP contribution < -0.4 is 5.56 Å². The molecule has 4 rings (SSSR count). The molecule has 2 aromatic heterocycles. The Balaban J connectivity index is 1.87. The molecule has 0 bridgehead atoms. The Kier molecular flexibility index (Phi) is 4.26. The average molecular weight is 449 g/mol. The molecule has 0 unspecified atom stereocenters. The van der Waals surface area contributed by atoms with Gasteiger partial charge >= 0.3 is 0 Å². The summed E-state index contributed by atoms with van der Waals surface area (Å²) in [4.78, 5) is 19.8. The number of thiophene rings is 1. The number of aryl methyl sites for hydroxylation is 3. The minimum Gasteiger partial charge on any atom is -0.267 e. The van der Waals surface area contributed by atoms with E-state index in [2.05, 4.69) is 32.7 Å². The Labute approximate surface area is 157 Å². The van der Waals surface area contributed by atoms with Gasteiger partial charge in [0, 0.05) is 14.0 Å². The van der Waals surface area contributed by atoms with E-state index in [1.54, 1.807) is 17.6 Å². The number of rotatable bonds is 2. The maximum atomic E-state index is 13.0. The van der Waals surface area contributed by atoms with E-state index in [9.17, 15) is 4.79 Å². The summed E-state index contributed by atoms with van der Waals surface area (Å²) in [5, 5.41) is 5.21. The van der Waals surface area contributed by atoms with Crippen LogP contribution >= 0.6 is 33.9 Å². The molecule has 0 N–H and O–H groups in total. The zero-order valence-electron chi connectivity index (χ0n) is 13.3. The highest BCUT2D eigenvalue weighted by Gasteiger charge is 2.21. The number of nitrogens with zero attached hydrogens (tertiary/aromatic N) is 3. The maximum Gasteiger partial charge on any atom is 0.283 e. The van der Waals surface area contributed by atoms with E-state index in [0.717, 1.165) is 38.6 Å². The molecule has 0 spiro atoms. The third kappa shape index (κ3) is 2.71. The van der Waals surface area contributed by atoms with Crippen LogP contribution in [0.5, 0.6) is 0 Å². The van der Waals surface area contributed by atoms with Crippen molar-refractivity contribution in [2.24, 2.45) is 5.10 Å². The van der Waals surface area contributed by atoms with E-state index >= 15 is 0 Å². The van der Waals surface area contributed by atoms with Crippen molar-refractivity contribution in [2.45, 2.75) is 32.6 Å². The van der Waals surface area contributed by atoms with Gasteiger partial charge < -0.3 is 0 Å². The topological polar surface area (TPSA) is 47.2 Å². The molecule has 24 heavy (non-hydrogen) atoms. The van der Waals surface area contributed by atoms with Crippen molar-refractivity contribution < 1.29 is 0 Å². The fourth-order valence-corrected chi connectivity index (χ4v) is 4.96. The lowest BCUT2D eigenvalue weighted by Gasteiger charge is -2.10. The lowest BCUT2D eigenvalue weighted by molar-refractivity contribution is 0.698. The van der Waals surface area contributed by atoms with Crippen LogP contribution in [0.2, 0.25) is 0 Å². The van der Waals surface area contributed by atoms with Gasteiger partial charge in [-0.2, -0.15) is 9.78 Å². The molecular weight excluding hydrogens is 433 g/mol. The Morgan fingerprint density at radius 1 is 1.29 bits per heavy atom. The second kappa shape index (κ2) is 6.40. The molecule has 0 saturated heterocycles. The van der Waals surface area contributed by atoms with E-state index in [1.807, 2.05) is 31.2 Å². The van der Waals surface area contributed by atoms with E-state index in [4.69, 9.17) is 0 Å². The van der Waals surface area contributed by atoms with Crippen molar-refractivity contribution in [3.63, 3.8) is 0 Å². The zero-order chi connectivity index (χ0) is 16.7. The highest BCUT2D eigenvalue weighted by atomic mass is 127. The van der Waals surface area contributed by atoms with E-state index < -0.39 is 0 Å². The number of aromatic nitrogens is 2. The van der Waals surface area contributed by atoms with Gasteiger partial charge in [-0.25, -0.2) is 4.98 Å². The molecule has 122 valence electrons. The van der Waals surface area contributed by atoms with Crippen molar-refractivity contribution in [3.8, 4) is 0 Å². The van der Waals surface area contributed by atoms with Crippen molar-refractivity contribution in [2.75, 3.05) is 0 Å². The van der Waals surface area contributed by atoms with Crippen LogP contribution in [0.4, 0.5) is 0 Å². The van der Waals surface area contributed by atoms with Crippen molar-refractivity contribution in [1.29, 1.82) is 0 Å². The van der Waals surface area contributed by atoms with Crippen LogP contribution in [-0.2, 0) is 12.8 Å². The third-order valence-corrected chi connectivity index (χ3v) is 6.51. The fraction of sp³-hybridized carbons (Fsp3) is 0.278. The second-order valence-electron chi connectivity index (χ2n) is 5.93. The SMILES string of the molecule is Cc1nc2sc3c(c2c(=O)n1/N=C\c1ccccc1I)CCCC3. The molecule has 1 aliphatic carbocycles. The first-order valence-corrected chi connectivity index (χ1v) is 9.87. The van der Waals surface area contributed by atoms with E-state index in [0.29, 0.717) is 5.82 Å². The number of halogens is 1. The number of benzene rings is 1. The smallest absolute Gasteiger partial charge is 0.267 e. The molecule has 1 aromatic carbocycles. The zero-order valence-corrected chi connectivity index (χ0v) is 16.2. The fourth-order valence-electron chi connectivity index (χ4n) is 3.13. The van der Waals surface area contributed by atoms with Gasteiger partial charge in [0.05, 0.1) is 11.6 Å². The van der Waals surface area contributed by atoms with Gasteiger partial charge in [0.25, 0.3) is 5.56 Å². The standard InChI is InChI=1S/C18H16IN3OS/c1-11-21-17-16(13-7-3-5-9-15(13)24-17)18(23)22(11)20-10-12-6-2-4-8-14(12)19/h2,4,6,8,10H,3,5,7,9H2,1H3/b20-10-. The van der Waals surface area contributed by atoms with Crippen LogP contribution in [0.1, 0.15) is 34.7 Å². The Morgan fingerprint density at radius 2 is 2.08 bits per heavy atom. The third-order valence-electron chi connectivity index (χ3n) is 4.35. The van der Waals surface area contributed by atoms with Crippen molar-refractivity contribution in [1.82, 2.24) is 9.66 Å². The molecule has 0 amide bonds. The van der Waals surface area contributed by atoms with E-state index in [1.165, 1.54) is 21.5 Å². The lowest BCUT2D eigenvalue weighted by atomic mass is 9.97. The van der Waals surface area contributed by atoms with Gasteiger partial charge in [0.15, 0.2) is 0 Å². The minimum absolute atomic E-state index is 0.0425.